The molecule has 0 fully saturated rings. The van der Waals surface area contributed by atoms with Crippen molar-refractivity contribution in [3.05, 3.63) is 48.5 Å². The second-order valence-corrected chi connectivity index (χ2v) is 3.92. The Morgan fingerprint density at radius 1 is 1.26 bits per heavy atom. The Hall–Kier alpha value is -2.63. The Kier molecular flexibility index (Phi) is 3.92. The molecule has 2 N–H and O–H groups in total. The SMILES string of the molecule is O=C(O)CCNC(=O)c1ccc(-n2ccnc2)cc1. The largest absolute Gasteiger partial charge is 0.481 e. The second-order valence-electron chi connectivity index (χ2n) is 3.92. The minimum absolute atomic E-state index is 0.0845. The van der Waals surface area contributed by atoms with Crippen molar-refractivity contribution in [2.24, 2.45) is 0 Å². The van der Waals surface area contributed by atoms with Crippen LogP contribution >= 0.6 is 0 Å². The summed E-state index contributed by atoms with van der Waals surface area (Å²) in [7, 11) is 0. The van der Waals surface area contributed by atoms with Gasteiger partial charge in [-0.15, -0.1) is 0 Å². The van der Waals surface area contributed by atoms with Crippen molar-refractivity contribution in [3.63, 3.8) is 0 Å². The van der Waals surface area contributed by atoms with Crippen LogP contribution in [0.15, 0.2) is 43.0 Å². The highest BCUT2D eigenvalue weighted by atomic mass is 16.4. The molecule has 0 saturated heterocycles. The molecule has 2 aromatic rings. The van der Waals surface area contributed by atoms with E-state index in [9.17, 15) is 9.59 Å². The smallest absolute Gasteiger partial charge is 0.305 e. The number of carbonyl (C=O) groups excluding carboxylic acids is 1. The molecule has 0 unspecified atom stereocenters. The fraction of sp³-hybridized carbons (Fsp3) is 0.154. The normalized spacial score (nSPS) is 10.1. The molecule has 1 aromatic heterocycles. The van der Waals surface area contributed by atoms with Gasteiger partial charge < -0.3 is 15.0 Å². The number of rotatable bonds is 5. The average Bonchev–Trinajstić information content (AvgIpc) is 2.92. The second kappa shape index (κ2) is 5.81. The van der Waals surface area contributed by atoms with Crippen LogP contribution in [-0.2, 0) is 4.79 Å². The number of carbonyl (C=O) groups is 2. The molecule has 19 heavy (non-hydrogen) atoms. The van der Waals surface area contributed by atoms with E-state index in [-0.39, 0.29) is 18.9 Å². The lowest BCUT2D eigenvalue weighted by Crippen LogP contribution is -2.25. The summed E-state index contributed by atoms with van der Waals surface area (Å²) in [5, 5.41) is 11.0. The van der Waals surface area contributed by atoms with Gasteiger partial charge in [0.2, 0.25) is 0 Å². The van der Waals surface area contributed by atoms with Gasteiger partial charge in [0.25, 0.3) is 5.91 Å². The summed E-state index contributed by atoms with van der Waals surface area (Å²) in [5.41, 5.74) is 1.40. The van der Waals surface area contributed by atoms with Gasteiger partial charge in [0.15, 0.2) is 0 Å². The van der Waals surface area contributed by atoms with E-state index in [0.717, 1.165) is 5.69 Å². The molecule has 0 aliphatic rings. The van der Waals surface area contributed by atoms with Gasteiger partial charge in [-0.25, -0.2) is 4.98 Å². The summed E-state index contributed by atoms with van der Waals surface area (Å²) in [6.45, 7) is 0.122. The lowest BCUT2D eigenvalue weighted by Gasteiger charge is -2.05. The summed E-state index contributed by atoms with van der Waals surface area (Å²) in [4.78, 5) is 26.0. The molecule has 0 atom stereocenters. The van der Waals surface area contributed by atoms with Gasteiger partial charge in [0.05, 0.1) is 12.7 Å². The molecule has 98 valence electrons. The molecule has 1 amide bonds. The predicted molar refractivity (Wildman–Crippen MR) is 68.2 cm³/mol. The third-order valence-electron chi connectivity index (χ3n) is 2.56. The molecule has 6 heteroatoms. The van der Waals surface area contributed by atoms with E-state index in [1.807, 2.05) is 10.8 Å². The number of carboxylic acid groups (broad SMARTS) is 1. The van der Waals surface area contributed by atoms with Crippen molar-refractivity contribution in [2.45, 2.75) is 6.42 Å². The van der Waals surface area contributed by atoms with Crippen LogP contribution in [-0.4, -0.2) is 33.1 Å². The van der Waals surface area contributed by atoms with Gasteiger partial charge >= 0.3 is 5.97 Å². The lowest BCUT2D eigenvalue weighted by molar-refractivity contribution is -0.136. The molecule has 0 aliphatic carbocycles. The zero-order valence-corrected chi connectivity index (χ0v) is 10.1. The number of nitrogens with one attached hydrogen (secondary N) is 1. The third kappa shape index (κ3) is 3.41. The Labute approximate surface area is 109 Å². The highest BCUT2D eigenvalue weighted by Crippen LogP contribution is 2.09. The molecule has 0 aliphatic heterocycles. The van der Waals surface area contributed by atoms with Gasteiger partial charge in [-0.3, -0.25) is 9.59 Å². The molecule has 0 bridgehead atoms. The van der Waals surface area contributed by atoms with Crippen molar-refractivity contribution < 1.29 is 14.7 Å². The standard InChI is InChI=1S/C13H13N3O3/c17-12(18)5-6-15-13(19)10-1-3-11(4-2-10)16-8-7-14-9-16/h1-4,7-9H,5-6H2,(H,15,19)(H,17,18). The van der Waals surface area contributed by atoms with Gasteiger partial charge in [0.1, 0.15) is 0 Å². The van der Waals surface area contributed by atoms with E-state index in [1.165, 1.54) is 0 Å². The molecule has 2 rings (SSSR count). The van der Waals surface area contributed by atoms with Crippen molar-refractivity contribution >= 4 is 11.9 Å². The molecule has 1 heterocycles. The molecule has 6 nitrogen and oxygen atoms in total. The highest BCUT2D eigenvalue weighted by Gasteiger charge is 2.06. The summed E-state index contributed by atoms with van der Waals surface area (Å²) in [6.07, 6.45) is 5.06. The number of benzene rings is 1. The number of aliphatic carboxylic acids is 1. The fourth-order valence-corrected chi connectivity index (χ4v) is 1.58. The van der Waals surface area contributed by atoms with Crippen LogP contribution < -0.4 is 5.32 Å². The Bertz CT molecular complexity index is 561. The average molecular weight is 259 g/mol. The van der Waals surface area contributed by atoms with Crippen LogP contribution in [0.5, 0.6) is 0 Å². The first-order chi connectivity index (χ1) is 9.16. The summed E-state index contributed by atoms with van der Waals surface area (Å²) < 4.78 is 1.83. The van der Waals surface area contributed by atoms with Gasteiger partial charge in [-0.05, 0) is 24.3 Å². The van der Waals surface area contributed by atoms with Crippen molar-refractivity contribution in [2.75, 3.05) is 6.54 Å². The number of nitrogens with zero attached hydrogens (tertiary/aromatic N) is 2. The van der Waals surface area contributed by atoms with Crippen LogP contribution in [0.2, 0.25) is 0 Å². The molecule has 0 saturated carbocycles. The first kappa shape index (κ1) is 12.8. The molecule has 1 aromatic carbocycles. The lowest BCUT2D eigenvalue weighted by atomic mass is 10.2. The number of amides is 1. The first-order valence-electron chi connectivity index (χ1n) is 5.75. The zero-order chi connectivity index (χ0) is 13.7. The van der Waals surface area contributed by atoms with Crippen molar-refractivity contribution in [1.82, 2.24) is 14.9 Å². The summed E-state index contributed by atoms with van der Waals surface area (Å²) in [6, 6.07) is 6.97. The minimum Gasteiger partial charge on any atom is -0.481 e. The van der Waals surface area contributed by atoms with Crippen molar-refractivity contribution in [1.29, 1.82) is 0 Å². The third-order valence-corrected chi connectivity index (χ3v) is 2.56. The Morgan fingerprint density at radius 3 is 2.58 bits per heavy atom. The number of aromatic nitrogens is 2. The number of imidazole rings is 1. The maximum atomic E-state index is 11.7. The number of hydrogen-bond acceptors (Lipinski definition) is 3. The van der Waals surface area contributed by atoms with E-state index in [1.54, 1.807) is 36.8 Å². The zero-order valence-electron chi connectivity index (χ0n) is 10.1. The van der Waals surface area contributed by atoms with Gasteiger partial charge in [0, 0.05) is 30.2 Å². The van der Waals surface area contributed by atoms with Gasteiger partial charge in [-0.1, -0.05) is 0 Å². The molecular formula is C13H13N3O3. The van der Waals surface area contributed by atoms with E-state index < -0.39 is 5.97 Å². The van der Waals surface area contributed by atoms with Crippen LogP contribution in [0.4, 0.5) is 0 Å². The van der Waals surface area contributed by atoms with Crippen LogP contribution in [0.25, 0.3) is 5.69 Å². The molecular weight excluding hydrogens is 246 g/mol. The highest BCUT2D eigenvalue weighted by molar-refractivity contribution is 5.94. The first-order valence-corrected chi connectivity index (χ1v) is 5.75. The molecule has 0 radical (unpaired) electrons. The Morgan fingerprint density at radius 2 is 2.00 bits per heavy atom. The maximum Gasteiger partial charge on any atom is 0.305 e. The van der Waals surface area contributed by atoms with E-state index in [0.29, 0.717) is 5.56 Å². The van der Waals surface area contributed by atoms with Crippen LogP contribution in [0.1, 0.15) is 16.8 Å². The van der Waals surface area contributed by atoms with Crippen LogP contribution in [0.3, 0.4) is 0 Å². The monoisotopic (exact) mass is 259 g/mol. The minimum atomic E-state index is -0.934. The van der Waals surface area contributed by atoms with E-state index in [2.05, 4.69) is 10.3 Å². The van der Waals surface area contributed by atoms with Crippen molar-refractivity contribution in [3.8, 4) is 5.69 Å². The number of carboxylic acids is 1. The fourth-order valence-electron chi connectivity index (χ4n) is 1.58. The summed E-state index contributed by atoms with van der Waals surface area (Å²) >= 11 is 0. The Balaban J connectivity index is 1.98. The maximum absolute atomic E-state index is 11.7. The summed E-state index contributed by atoms with van der Waals surface area (Å²) in [5.74, 6) is -1.21. The van der Waals surface area contributed by atoms with Crippen LogP contribution in [0, 0.1) is 0 Å². The van der Waals surface area contributed by atoms with E-state index >= 15 is 0 Å². The predicted octanol–water partition coefficient (Wildman–Crippen LogP) is 1.08. The molecule has 0 spiro atoms. The quantitative estimate of drug-likeness (QED) is 0.841. The topological polar surface area (TPSA) is 84.2 Å². The van der Waals surface area contributed by atoms with E-state index in [4.69, 9.17) is 5.11 Å². The number of hydrogen-bond donors (Lipinski definition) is 2. The van der Waals surface area contributed by atoms with Gasteiger partial charge in [-0.2, -0.15) is 0 Å².